The molecule has 1 aliphatic rings. The van der Waals surface area contributed by atoms with Crippen LogP contribution >= 0.6 is 11.6 Å². The Labute approximate surface area is 106 Å². The molecule has 2 heterocycles. The number of fused-ring (bicyclic) bond motifs is 1. The summed E-state index contributed by atoms with van der Waals surface area (Å²) in [5, 5.41) is 4.15. The third-order valence-corrected chi connectivity index (χ3v) is 3.70. The van der Waals surface area contributed by atoms with Crippen LogP contribution in [-0.4, -0.2) is 23.1 Å². The summed E-state index contributed by atoms with van der Waals surface area (Å²) in [5.74, 6) is 1.67. The Morgan fingerprint density at radius 2 is 2.06 bits per heavy atom. The molecule has 1 aromatic carbocycles. The van der Waals surface area contributed by atoms with E-state index in [9.17, 15) is 0 Å². The van der Waals surface area contributed by atoms with E-state index in [1.54, 1.807) is 0 Å². The molecule has 17 heavy (non-hydrogen) atoms. The maximum Gasteiger partial charge on any atom is 0.110 e. The molecule has 2 N–H and O–H groups in total. The minimum Gasteiger partial charge on any atom is -0.342 e. The molecule has 1 saturated heterocycles. The molecule has 3 nitrogen and oxygen atoms in total. The van der Waals surface area contributed by atoms with Gasteiger partial charge in [-0.15, -0.1) is 0 Å². The lowest BCUT2D eigenvalue weighted by Crippen LogP contribution is -2.27. The van der Waals surface area contributed by atoms with Gasteiger partial charge in [-0.2, -0.15) is 0 Å². The maximum atomic E-state index is 6.06. The van der Waals surface area contributed by atoms with Crippen LogP contribution in [0.25, 0.3) is 11.0 Å². The van der Waals surface area contributed by atoms with E-state index in [-0.39, 0.29) is 0 Å². The zero-order chi connectivity index (χ0) is 11.8. The lowest BCUT2D eigenvalue weighted by molar-refractivity contribution is 0.448. The van der Waals surface area contributed by atoms with E-state index in [1.807, 2.05) is 12.1 Å². The molecular formula is C13H16ClN3. The van der Waals surface area contributed by atoms with Gasteiger partial charge in [-0.3, -0.25) is 0 Å². The van der Waals surface area contributed by atoms with Crippen molar-refractivity contribution in [3.05, 3.63) is 28.5 Å². The zero-order valence-corrected chi connectivity index (χ0v) is 10.6. The summed E-state index contributed by atoms with van der Waals surface area (Å²) in [5.41, 5.74) is 3.26. The topological polar surface area (TPSA) is 40.7 Å². The number of benzene rings is 1. The summed E-state index contributed by atoms with van der Waals surface area (Å²) in [7, 11) is 0. The monoisotopic (exact) mass is 249 g/mol. The second kappa shape index (κ2) is 4.31. The van der Waals surface area contributed by atoms with Crippen LogP contribution in [0.3, 0.4) is 0 Å². The number of nitrogens with one attached hydrogen (secondary N) is 2. The predicted octanol–water partition coefficient (Wildman–Crippen LogP) is 2.99. The number of halogens is 1. The van der Waals surface area contributed by atoms with Gasteiger partial charge in [0.2, 0.25) is 0 Å². The number of hydrogen-bond donors (Lipinski definition) is 2. The van der Waals surface area contributed by atoms with E-state index in [1.165, 1.54) is 0 Å². The second-order valence-electron chi connectivity index (χ2n) is 4.77. The molecule has 0 aliphatic carbocycles. The van der Waals surface area contributed by atoms with Gasteiger partial charge in [-0.05, 0) is 50.6 Å². The maximum absolute atomic E-state index is 6.06. The largest absolute Gasteiger partial charge is 0.342 e. The molecule has 3 rings (SSSR count). The smallest absolute Gasteiger partial charge is 0.110 e. The predicted molar refractivity (Wildman–Crippen MR) is 70.7 cm³/mol. The molecular weight excluding hydrogens is 234 g/mol. The molecule has 1 aromatic heterocycles. The Morgan fingerprint density at radius 3 is 2.82 bits per heavy atom. The van der Waals surface area contributed by atoms with Gasteiger partial charge in [0, 0.05) is 10.9 Å². The van der Waals surface area contributed by atoms with E-state index in [4.69, 9.17) is 16.6 Å². The Kier molecular flexibility index (Phi) is 2.81. The van der Waals surface area contributed by atoms with E-state index in [2.05, 4.69) is 17.2 Å². The number of H-pyrrole nitrogens is 1. The van der Waals surface area contributed by atoms with Gasteiger partial charge in [0.25, 0.3) is 0 Å². The lowest BCUT2D eigenvalue weighted by Gasteiger charge is -2.20. The molecule has 0 spiro atoms. The van der Waals surface area contributed by atoms with Gasteiger partial charge in [-0.1, -0.05) is 11.6 Å². The van der Waals surface area contributed by atoms with E-state index in [0.717, 1.165) is 53.4 Å². The minimum atomic E-state index is 0.557. The Balaban J connectivity index is 2.03. The molecule has 0 saturated carbocycles. The van der Waals surface area contributed by atoms with E-state index in [0.29, 0.717) is 5.92 Å². The zero-order valence-electron chi connectivity index (χ0n) is 9.89. The van der Waals surface area contributed by atoms with E-state index < -0.39 is 0 Å². The highest BCUT2D eigenvalue weighted by molar-refractivity contribution is 6.31. The number of aromatic amines is 1. The van der Waals surface area contributed by atoms with Crippen LogP contribution in [0.1, 0.15) is 30.1 Å². The van der Waals surface area contributed by atoms with Crippen molar-refractivity contribution in [1.82, 2.24) is 15.3 Å². The van der Waals surface area contributed by atoms with Crippen LogP contribution in [0.4, 0.5) is 0 Å². The highest BCUT2D eigenvalue weighted by atomic mass is 35.5. The Bertz CT molecular complexity index is 541. The summed E-state index contributed by atoms with van der Waals surface area (Å²) in [6.45, 7) is 4.23. The molecule has 0 bridgehead atoms. The van der Waals surface area contributed by atoms with Crippen LogP contribution < -0.4 is 5.32 Å². The molecule has 0 radical (unpaired) electrons. The van der Waals surface area contributed by atoms with Crippen LogP contribution in [-0.2, 0) is 0 Å². The molecule has 90 valence electrons. The molecule has 1 aliphatic heterocycles. The van der Waals surface area contributed by atoms with Crippen molar-refractivity contribution in [1.29, 1.82) is 0 Å². The van der Waals surface area contributed by atoms with Crippen molar-refractivity contribution >= 4 is 22.6 Å². The fourth-order valence-electron chi connectivity index (χ4n) is 2.55. The fourth-order valence-corrected chi connectivity index (χ4v) is 2.83. The number of piperidine rings is 1. The molecule has 0 atom stereocenters. The first-order chi connectivity index (χ1) is 8.24. The fraction of sp³-hybridized carbons (Fsp3) is 0.462. The van der Waals surface area contributed by atoms with Crippen LogP contribution in [0.5, 0.6) is 0 Å². The number of rotatable bonds is 1. The Morgan fingerprint density at radius 1 is 1.29 bits per heavy atom. The van der Waals surface area contributed by atoms with Gasteiger partial charge >= 0.3 is 0 Å². The summed E-state index contributed by atoms with van der Waals surface area (Å²) in [4.78, 5) is 8.16. The molecule has 0 unspecified atom stereocenters. The highest BCUT2D eigenvalue weighted by Gasteiger charge is 2.19. The third-order valence-electron chi connectivity index (χ3n) is 3.49. The van der Waals surface area contributed by atoms with Gasteiger partial charge in [0.1, 0.15) is 5.82 Å². The highest BCUT2D eigenvalue weighted by Crippen LogP contribution is 2.27. The summed E-state index contributed by atoms with van der Waals surface area (Å²) >= 11 is 6.06. The van der Waals surface area contributed by atoms with Gasteiger partial charge in [0.15, 0.2) is 0 Å². The quantitative estimate of drug-likeness (QED) is 0.816. The van der Waals surface area contributed by atoms with E-state index >= 15 is 0 Å². The van der Waals surface area contributed by atoms with Crippen LogP contribution in [0, 0.1) is 6.92 Å². The average Bonchev–Trinajstić information content (AvgIpc) is 2.74. The Hall–Kier alpha value is -1.06. The first-order valence-electron chi connectivity index (χ1n) is 6.10. The SMILES string of the molecule is Cc1cc(Cl)cc2[nH]c(C3CCNCC3)nc12. The number of hydrogen-bond acceptors (Lipinski definition) is 2. The molecule has 1 fully saturated rings. The summed E-state index contributed by atoms with van der Waals surface area (Å²) in [6, 6.07) is 3.93. The van der Waals surface area contributed by atoms with Crippen LogP contribution in [0.15, 0.2) is 12.1 Å². The van der Waals surface area contributed by atoms with Crippen molar-refractivity contribution in [3.63, 3.8) is 0 Å². The number of imidazole rings is 1. The van der Waals surface area contributed by atoms with Crippen molar-refractivity contribution < 1.29 is 0 Å². The second-order valence-corrected chi connectivity index (χ2v) is 5.20. The van der Waals surface area contributed by atoms with Gasteiger partial charge in [-0.25, -0.2) is 4.98 Å². The first-order valence-corrected chi connectivity index (χ1v) is 6.48. The standard InChI is InChI=1S/C13H16ClN3/c1-8-6-10(14)7-11-12(8)17-13(16-11)9-2-4-15-5-3-9/h6-7,9,15H,2-5H2,1H3,(H,16,17). The van der Waals surface area contributed by atoms with Gasteiger partial charge in [0.05, 0.1) is 11.0 Å². The summed E-state index contributed by atoms with van der Waals surface area (Å²) in [6.07, 6.45) is 2.32. The van der Waals surface area contributed by atoms with Crippen molar-refractivity contribution in [2.75, 3.05) is 13.1 Å². The van der Waals surface area contributed by atoms with Crippen molar-refractivity contribution in [2.24, 2.45) is 0 Å². The first kappa shape index (κ1) is 11.1. The number of nitrogens with zero attached hydrogens (tertiary/aromatic N) is 1. The number of aromatic nitrogens is 2. The van der Waals surface area contributed by atoms with Crippen LogP contribution in [0.2, 0.25) is 5.02 Å². The van der Waals surface area contributed by atoms with Crippen molar-refractivity contribution in [3.8, 4) is 0 Å². The van der Waals surface area contributed by atoms with Gasteiger partial charge < -0.3 is 10.3 Å². The average molecular weight is 250 g/mol. The third kappa shape index (κ3) is 2.05. The number of aryl methyl sites for hydroxylation is 1. The summed E-state index contributed by atoms with van der Waals surface area (Å²) < 4.78 is 0. The molecule has 4 heteroatoms. The lowest BCUT2D eigenvalue weighted by atomic mass is 9.98. The van der Waals surface area contributed by atoms with Crippen molar-refractivity contribution in [2.45, 2.75) is 25.7 Å². The normalized spacial score (nSPS) is 17.8. The minimum absolute atomic E-state index is 0.557. The molecule has 2 aromatic rings. The molecule has 0 amide bonds.